The first-order valence-corrected chi connectivity index (χ1v) is 4.02. The lowest BCUT2D eigenvalue weighted by atomic mass is 10.3. The monoisotopic (exact) mass is 154 g/mol. The zero-order valence-electron chi connectivity index (χ0n) is 7.08. The topological polar surface area (TPSA) is 32.7 Å². The predicted molar refractivity (Wildman–Crippen MR) is 44.8 cm³/mol. The summed E-state index contributed by atoms with van der Waals surface area (Å²) in [5.74, 6) is 0.0532. The van der Waals surface area contributed by atoms with Crippen molar-refractivity contribution in [1.29, 1.82) is 0 Å². The quantitative estimate of drug-likeness (QED) is 0.547. The van der Waals surface area contributed by atoms with Crippen LogP contribution in [-0.2, 0) is 4.79 Å². The van der Waals surface area contributed by atoms with Crippen molar-refractivity contribution in [3.63, 3.8) is 0 Å². The number of amides is 1. The van der Waals surface area contributed by atoms with Gasteiger partial charge in [-0.15, -0.1) is 0 Å². The van der Waals surface area contributed by atoms with Crippen molar-refractivity contribution in [2.45, 2.75) is 26.3 Å². The van der Waals surface area contributed by atoms with Crippen LogP contribution >= 0.6 is 0 Å². The summed E-state index contributed by atoms with van der Waals surface area (Å²) in [4.78, 5) is 17.0. The fraction of sp³-hybridized carbons (Fsp3) is 0.750. The third-order valence-corrected chi connectivity index (χ3v) is 1.79. The molecule has 0 aromatic carbocycles. The Kier molecular flexibility index (Phi) is 2.63. The molecule has 1 amide bonds. The van der Waals surface area contributed by atoms with E-state index in [0.717, 1.165) is 19.5 Å². The summed E-state index contributed by atoms with van der Waals surface area (Å²) < 4.78 is 0. The van der Waals surface area contributed by atoms with Gasteiger partial charge < -0.3 is 4.90 Å². The van der Waals surface area contributed by atoms with E-state index in [9.17, 15) is 4.79 Å². The zero-order valence-corrected chi connectivity index (χ0v) is 7.08. The van der Waals surface area contributed by atoms with Gasteiger partial charge in [-0.25, -0.2) is 0 Å². The van der Waals surface area contributed by atoms with Gasteiger partial charge in [-0.1, -0.05) is 0 Å². The lowest BCUT2D eigenvalue weighted by Gasteiger charge is -2.23. The molecule has 0 saturated carbocycles. The minimum absolute atomic E-state index is 0.0532. The first-order chi connectivity index (χ1) is 5.22. The molecule has 0 bridgehead atoms. The maximum absolute atomic E-state index is 11.2. The van der Waals surface area contributed by atoms with Gasteiger partial charge in [-0.3, -0.25) is 9.79 Å². The second-order valence-electron chi connectivity index (χ2n) is 3.01. The van der Waals surface area contributed by atoms with E-state index in [1.807, 2.05) is 18.7 Å². The van der Waals surface area contributed by atoms with Crippen molar-refractivity contribution < 1.29 is 4.79 Å². The zero-order chi connectivity index (χ0) is 8.27. The van der Waals surface area contributed by atoms with Gasteiger partial charge in [-0.2, -0.15) is 0 Å². The maximum atomic E-state index is 11.2. The van der Waals surface area contributed by atoms with Crippen molar-refractivity contribution in [1.82, 2.24) is 4.90 Å². The van der Waals surface area contributed by atoms with Gasteiger partial charge in [0.05, 0.1) is 6.21 Å². The Balaban J connectivity index is 2.63. The van der Waals surface area contributed by atoms with E-state index >= 15 is 0 Å². The molecule has 3 nitrogen and oxygen atoms in total. The molecular formula is C8H14N2O. The first kappa shape index (κ1) is 8.24. The minimum atomic E-state index is 0.0532. The number of carbonyl (C=O) groups excluding carboxylic acids is 1. The summed E-state index contributed by atoms with van der Waals surface area (Å²) in [6, 6.07) is 0.298. The summed E-state index contributed by atoms with van der Waals surface area (Å²) in [6.45, 7) is 5.68. The van der Waals surface area contributed by atoms with Crippen LogP contribution in [0.5, 0.6) is 0 Å². The second kappa shape index (κ2) is 3.51. The van der Waals surface area contributed by atoms with E-state index in [-0.39, 0.29) is 5.91 Å². The third-order valence-electron chi connectivity index (χ3n) is 1.79. The molecule has 0 spiro atoms. The minimum Gasteiger partial charge on any atom is -0.335 e. The van der Waals surface area contributed by atoms with E-state index in [4.69, 9.17) is 0 Å². The lowest BCUT2D eigenvalue weighted by molar-refractivity contribution is -0.125. The number of rotatable bonds is 1. The normalized spacial score (nSPS) is 19.2. The molecule has 1 aliphatic rings. The van der Waals surface area contributed by atoms with Crippen LogP contribution in [0.4, 0.5) is 0 Å². The van der Waals surface area contributed by atoms with Crippen molar-refractivity contribution >= 4 is 12.1 Å². The van der Waals surface area contributed by atoms with Crippen LogP contribution in [0.3, 0.4) is 0 Å². The predicted octanol–water partition coefficient (Wildman–Crippen LogP) is 0.698. The van der Waals surface area contributed by atoms with Gasteiger partial charge in [0, 0.05) is 19.1 Å². The Morgan fingerprint density at radius 3 is 3.00 bits per heavy atom. The van der Waals surface area contributed by atoms with Crippen LogP contribution in [-0.4, -0.2) is 36.2 Å². The molecule has 0 fully saturated rings. The molecule has 1 heterocycles. The van der Waals surface area contributed by atoms with Gasteiger partial charge in [0.2, 0.25) is 0 Å². The van der Waals surface area contributed by atoms with Crippen molar-refractivity contribution in [2.24, 2.45) is 4.99 Å². The van der Waals surface area contributed by atoms with E-state index in [1.165, 1.54) is 6.21 Å². The smallest absolute Gasteiger partial charge is 0.264 e. The van der Waals surface area contributed by atoms with Gasteiger partial charge in [0.25, 0.3) is 5.91 Å². The van der Waals surface area contributed by atoms with Crippen molar-refractivity contribution in [2.75, 3.05) is 13.1 Å². The molecule has 0 aromatic rings. The summed E-state index contributed by atoms with van der Waals surface area (Å²) >= 11 is 0. The molecule has 0 N–H and O–H groups in total. The van der Waals surface area contributed by atoms with Gasteiger partial charge >= 0.3 is 0 Å². The molecule has 1 aliphatic heterocycles. The maximum Gasteiger partial charge on any atom is 0.264 e. The van der Waals surface area contributed by atoms with Crippen LogP contribution in [0.1, 0.15) is 20.3 Å². The van der Waals surface area contributed by atoms with Crippen LogP contribution in [0.2, 0.25) is 0 Å². The van der Waals surface area contributed by atoms with Gasteiger partial charge in [0.1, 0.15) is 0 Å². The van der Waals surface area contributed by atoms with E-state index in [1.54, 1.807) is 0 Å². The van der Waals surface area contributed by atoms with Gasteiger partial charge in [-0.05, 0) is 20.3 Å². The largest absolute Gasteiger partial charge is 0.335 e. The Hall–Kier alpha value is -0.860. The standard InChI is InChI=1S/C8H14N2O/c1-7(2)10-5-3-4-9-6-8(10)11/h6-7H,3-5H2,1-2H3. The number of aliphatic imine (C=N–C) groups is 1. The lowest BCUT2D eigenvalue weighted by Crippen LogP contribution is -2.37. The highest BCUT2D eigenvalue weighted by atomic mass is 16.2. The molecule has 0 aliphatic carbocycles. The highest BCUT2D eigenvalue weighted by Crippen LogP contribution is 2.02. The summed E-state index contributed by atoms with van der Waals surface area (Å²) in [5, 5.41) is 0. The Morgan fingerprint density at radius 2 is 2.36 bits per heavy atom. The molecule has 62 valence electrons. The molecule has 0 aromatic heterocycles. The van der Waals surface area contributed by atoms with Crippen LogP contribution in [0.15, 0.2) is 4.99 Å². The summed E-state index contributed by atoms with van der Waals surface area (Å²) in [7, 11) is 0. The first-order valence-electron chi connectivity index (χ1n) is 4.02. The Bertz CT molecular complexity index is 175. The average Bonchev–Trinajstić information content (AvgIpc) is 2.13. The number of hydrogen-bond acceptors (Lipinski definition) is 2. The second-order valence-corrected chi connectivity index (χ2v) is 3.01. The number of hydrogen-bond donors (Lipinski definition) is 0. The Morgan fingerprint density at radius 1 is 1.64 bits per heavy atom. The molecule has 0 radical (unpaired) electrons. The molecule has 0 atom stereocenters. The fourth-order valence-corrected chi connectivity index (χ4v) is 1.17. The average molecular weight is 154 g/mol. The summed E-state index contributed by atoms with van der Waals surface area (Å²) in [5.41, 5.74) is 0. The van der Waals surface area contributed by atoms with E-state index in [2.05, 4.69) is 4.99 Å². The fourth-order valence-electron chi connectivity index (χ4n) is 1.17. The summed E-state index contributed by atoms with van der Waals surface area (Å²) in [6.07, 6.45) is 2.42. The Labute approximate surface area is 67.1 Å². The third kappa shape index (κ3) is 2.03. The SMILES string of the molecule is CC(C)N1CCCN=CC1=O. The van der Waals surface area contributed by atoms with E-state index < -0.39 is 0 Å². The highest BCUT2D eigenvalue weighted by molar-refractivity contribution is 6.26. The van der Waals surface area contributed by atoms with Crippen molar-refractivity contribution in [3.05, 3.63) is 0 Å². The number of carbonyl (C=O) groups is 1. The molecule has 0 saturated heterocycles. The molecule has 1 rings (SSSR count). The van der Waals surface area contributed by atoms with Crippen LogP contribution in [0.25, 0.3) is 0 Å². The van der Waals surface area contributed by atoms with Crippen molar-refractivity contribution in [3.8, 4) is 0 Å². The van der Waals surface area contributed by atoms with Gasteiger partial charge in [0.15, 0.2) is 0 Å². The van der Waals surface area contributed by atoms with Crippen LogP contribution in [0, 0.1) is 0 Å². The van der Waals surface area contributed by atoms with E-state index in [0.29, 0.717) is 6.04 Å². The molecule has 11 heavy (non-hydrogen) atoms. The molecule has 3 heteroatoms. The highest BCUT2D eigenvalue weighted by Gasteiger charge is 2.15. The number of nitrogens with zero attached hydrogens (tertiary/aromatic N) is 2. The molecular weight excluding hydrogens is 140 g/mol. The van der Waals surface area contributed by atoms with Crippen LogP contribution < -0.4 is 0 Å². The molecule has 0 unspecified atom stereocenters.